The number of alkyl halides is 3. The smallest absolute Gasteiger partial charge is 0.389 e. The molecule has 0 aromatic heterocycles. The van der Waals surface area contributed by atoms with Gasteiger partial charge in [0, 0.05) is 12.5 Å². The largest absolute Gasteiger partial charge is 0.486 e. The van der Waals surface area contributed by atoms with Crippen LogP contribution in [-0.4, -0.2) is 31.5 Å². The quantitative estimate of drug-likeness (QED) is 0.872. The van der Waals surface area contributed by atoms with Crippen LogP contribution in [0.1, 0.15) is 26.2 Å². The first-order valence-corrected chi connectivity index (χ1v) is 7.18. The third-order valence-electron chi connectivity index (χ3n) is 3.42. The number of benzene rings is 1. The van der Waals surface area contributed by atoms with Crippen LogP contribution >= 0.6 is 0 Å². The molecule has 6 heteroatoms. The van der Waals surface area contributed by atoms with Gasteiger partial charge in [0.05, 0.1) is 0 Å². The number of ether oxygens (including phenoxy) is 2. The molecule has 0 saturated carbocycles. The Bertz CT molecular complexity index is 451. The summed E-state index contributed by atoms with van der Waals surface area (Å²) >= 11 is 0. The molecular formula is C15H20F3NO2. The third kappa shape index (κ3) is 4.81. The first-order valence-electron chi connectivity index (χ1n) is 7.18. The van der Waals surface area contributed by atoms with E-state index in [4.69, 9.17) is 9.47 Å². The van der Waals surface area contributed by atoms with Gasteiger partial charge in [0.2, 0.25) is 0 Å². The first kappa shape index (κ1) is 15.9. The van der Waals surface area contributed by atoms with Crippen LogP contribution in [0.2, 0.25) is 0 Å². The fourth-order valence-corrected chi connectivity index (χ4v) is 2.44. The van der Waals surface area contributed by atoms with Crippen molar-refractivity contribution in [2.45, 2.75) is 44.5 Å². The highest BCUT2D eigenvalue weighted by Gasteiger charge is 2.31. The summed E-state index contributed by atoms with van der Waals surface area (Å²) in [6.07, 6.45) is -4.65. The van der Waals surface area contributed by atoms with Gasteiger partial charge in [-0.25, -0.2) is 0 Å². The van der Waals surface area contributed by atoms with Crippen LogP contribution < -0.4 is 14.8 Å². The third-order valence-corrected chi connectivity index (χ3v) is 3.42. The molecule has 21 heavy (non-hydrogen) atoms. The maximum Gasteiger partial charge on any atom is 0.389 e. The van der Waals surface area contributed by atoms with Crippen molar-refractivity contribution in [2.24, 2.45) is 0 Å². The molecule has 0 radical (unpaired) electrons. The van der Waals surface area contributed by atoms with Crippen molar-refractivity contribution in [1.82, 2.24) is 5.32 Å². The van der Waals surface area contributed by atoms with Crippen molar-refractivity contribution in [3.63, 3.8) is 0 Å². The van der Waals surface area contributed by atoms with E-state index < -0.39 is 12.6 Å². The Kier molecular flexibility index (Phi) is 5.33. The number of fused-ring (bicyclic) bond motifs is 1. The standard InChI is InChI=1S/C15H20F3NO2/c1-2-19-11(6-5-9-15(16,17)18)14-10-20-12-7-3-4-8-13(12)21-14/h3-4,7-8,11,14,19H,2,5-6,9-10H2,1H3. The molecule has 1 aliphatic rings. The molecule has 1 N–H and O–H groups in total. The summed E-state index contributed by atoms with van der Waals surface area (Å²) in [5, 5.41) is 3.20. The van der Waals surface area contributed by atoms with E-state index in [0.29, 0.717) is 31.1 Å². The van der Waals surface area contributed by atoms with Crippen molar-refractivity contribution < 1.29 is 22.6 Å². The molecule has 0 fully saturated rings. The van der Waals surface area contributed by atoms with Crippen molar-refractivity contribution in [3.8, 4) is 11.5 Å². The molecule has 2 unspecified atom stereocenters. The average Bonchev–Trinajstić information content (AvgIpc) is 2.44. The van der Waals surface area contributed by atoms with Gasteiger partial charge >= 0.3 is 6.18 Å². The summed E-state index contributed by atoms with van der Waals surface area (Å²) in [6, 6.07) is 7.17. The van der Waals surface area contributed by atoms with E-state index in [1.807, 2.05) is 25.1 Å². The van der Waals surface area contributed by atoms with E-state index in [9.17, 15) is 13.2 Å². The monoisotopic (exact) mass is 303 g/mol. The topological polar surface area (TPSA) is 30.5 Å². The number of nitrogens with one attached hydrogen (secondary N) is 1. The number of rotatable bonds is 6. The molecule has 0 spiro atoms. The molecule has 2 rings (SSSR count). The van der Waals surface area contributed by atoms with Crippen LogP contribution in [0.4, 0.5) is 13.2 Å². The van der Waals surface area contributed by atoms with Crippen LogP contribution in [0.15, 0.2) is 24.3 Å². The lowest BCUT2D eigenvalue weighted by Crippen LogP contribution is -2.47. The van der Waals surface area contributed by atoms with Gasteiger partial charge in [-0.05, 0) is 31.5 Å². The SMILES string of the molecule is CCNC(CCCC(F)(F)F)C1COc2ccccc2O1. The minimum Gasteiger partial charge on any atom is -0.486 e. The Morgan fingerprint density at radius 2 is 2.00 bits per heavy atom. The lowest BCUT2D eigenvalue weighted by molar-refractivity contribution is -0.136. The fraction of sp³-hybridized carbons (Fsp3) is 0.600. The highest BCUT2D eigenvalue weighted by molar-refractivity contribution is 5.40. The van der Waals surface area contributed by atoms with E-state index in [2.05, 4.69) is 5.32 Å². The molecule has 2 atom stereocenters. The predicted molar refractivity (Wildman–Crippen MR) is 73.7 cm³/mol. The van der Waals surface area contributed by atoms with Crippen LogP contribution in [0.5, 0.6) is 11.5 Å². The minimum atomic E-state index is -4.10. The predicted octanol–water partition coefficient (Wildman–Crippen LogP) is 3.54. The molecule has 0 saturated heterocycles. The molecule has 1 aliphatic heterocycles. The molecule has 3 nitrogen and oxygen atoms in total. The lowest BCUT2D eigenvalue weighted by atomic mass is 10.0. The van der Waals surface area contributed by atoms with Crippen molar-refractivity contribution in [1.29, 1.82) is 0 Å². The first-order chi connectivity index (χ1) is 9.99. The summed E-state index contributed by atoms with van der Waals surface area (Å²) in [6.45, 7) is 2.95. The minimum absolute atomic E-state index is 0.0860. The Morgan fingerprint density at radius 3 is 2.67 bits per heavy atom. The second-order valence-electron chi connectivity index (χ2n) is 5.09. The molecule has 0 bridgehead atoms. The van der Waals surface area contributed by atoms with Gasteiger partial charge in [0.1, 0.15) is 12.7 Å². The van der Waals surface area contributed by atoms with Gasteiger partial charge in [0.15, 0.2) is 11.5 Å². The Balaban J connectivity index is 1.93. The van der Waals surface area contributed by atoms with E-state index in [1.165, 1.54) is 0 Å². The average molecular weight is 303 g/mol. The second-order valence-corrected chi connectivity index (χ2v) is 5.09. The van der Waals surface area contributed by atoms with E-state index >= 15 is 0 Å². The maximum atomic E-state index is 12.3. The highest BCUT2D eigenvalue weighted by atomic mass is 19.4. The molecular weight excluding hydrogens is 283 g/mol. The Morgan fingerprint density at radius 1 is 1.29 bits per heavy atom. The molecule has 1 heterocycles. The van der Waals surface area contributed by atoms with Gasteiger partial charge in [-0.3, -0.25) is 0 Å². The van der Waals surface area contributed by atoms with Crippen molar-refractivity contribution in [2.75, 3.05) is 13.2 Å². The highest BCUT2D eigenvalue weighted by Crippen LogP contribution is 2.32. The van der Waals surface area contributed by atoms with Gasteiger partial charge in [-0.2, -0.15) is 13.2 Å². The lowest BCUT2D eigenvalue weighted by Gasteiger charge is -2.32. The van der Waals surface area contributed by atoms with Crippen LogP contribution in [-0.2, 0) is 0 Å². The second kappa shape index (κ2) is 7.02. The van der Waals surface area contributed by atoms with Crippen LogP contribution in [0.25, 0.3) is 0 Å². The zero-order valence-corrected chi connectivity index (χ0v) is 12.0. The Labute approximate surface area is 122 Å². The number of halogens is 3. The summed E-state index contributed by atoms with van der Waals surface area (Å²) in [7, 11) is 0. The van der Waals surface area contributed by atoms with E-state index in [-0.39, 0.29) is 18.6 Å². The van der Waals surface area contributed by atoms with Gasteiger partial charge in [-0.15, -0.1) is 0 Å². The van der Waals surface area contributed by atoms with Gasteiger partial charge in [-0.1, -0.05) is 19.1 Å². The number of para-hydroxylation sites is 2. The fourth-order valence-electron chi connectivity index (χ4n) is 2.44. The summed E-state index contributed by atoms with van der Waals surface area (Å²) in [5.74, 6) is 1.33. The van der Waals surface area contributed by atoms with Crippen LogP contribution in [0, 0.1) is 0 Å². The van der Waals surface area contributed by atoms with Crippen molar-refractivity contribution >= 4 is 0 Å². The van der Waals surface area contributed by atoms with Crippen LogP contribution in [0.3, 0.4) is 0 Å². The zero-order valence-electron chi connectivity index (χ0n) is 12.0. The maximum absolute atomic E-state index is 12.3. The molecule has 1 aromatic rings. The number of likely N-dealkylation sites (N-methyl/N-ethyl adjacent to an activating group) is 1. The summed E-state index contributed by atoms with van der Waals surface area (Å²) < 4.78 is 48.2. The van der Waals surface area contributed by atoms with E-state index in [0.717, 1.165) is 0 Å². The number of hydrogen-bond acceptors (Lipinski definition) is 3. The van der Waals surface area contributed by atoms with E-state index in [1.54, 1.807) is 6.07 Å². The zero-order chi connectivity index (χ0) is 15.3. The van der Waals surface area contributed by atoms with Crippen molar-refractivity contribution in [3.05, 3.63) is 24.3 Å². The number of hydrogen-bond donors (Lipinski definition) is 1. The Hall–Kier alpha value is -1.43. The van der Waals surface area contributed by atoms with Gasteiger partial charge < -0.3 is 14.8 Å². The molecule has 1 aromatic carbocycles. The molecule has 118 valence electrons. The molecule has 0 amide bonds. The summed E-state index contributed by atoms with van der Waals surface area (Å²) in [4.78, 5) is 0. The molecule has 0 aliphatic carbocycles. The summed E-state index contributed by atoms with van der Waals surface area (Å²) in [5.41, 5.74) is 0. The normalized spacial score (nSPS) is 19.3. The van der Waals surface area contributed by atoms with Gasteiger partial charge in [0.25, 0.3) is 0 Å².